The molecule has 1 aromatic carbocycles. The van der Waals surface area contributed by atoms with Gasteiger partial charge in [0.15, 0.2) is 5.13 Å². The van der Waals surface area contributed by atoms with Gasteiger partial charge in [-0.2, -0.15) is 0 Å². The van der Waals surface area contributed by atoms with Crippen molar-refractivity contribution in [2.75, 3.05) is 5.32 Å². The van der Waals surface area contributed by atoms with Crippen molar-refractivity contribution in [3.05, 3.63) is 65.3 Å². The monoisotopic (exact) mass is 337 g/mol. The van der Waals surface area contributed by atoms with Gasteiger partial charge < -0.3 is 0 Å². The zero-order valence-electron chi connectivity index (χ0n) is 13.7. The highest BCUT2D eigenvalue weighted by molar-refractivity contribution is 7.14. The molecule has 1 N–H and O–H groups in total. The first-order chi connectivity index (χ1) is 11.7. The number of carbonyl (C=O) groups is 1. The fraction of sp³-hybridized carbons (Fsp3) is 0.211. The summed E-state index contributed by atoms with van der Waals surface area (Å²) in [5.41, 5.74) is 3.78. The molecule has 1 atom stereocenters. The number of hydrogen-bond acceptors (Lipinski definition) is 4. The number of rotatable bonds is 5. The smallest absolute Gasteiger partial charge is 0.259 e. The molecular weight excluding hydrogens is 318 g/mol. The van der Waals surface area contributed by atoms with Crippen LogP contribution < -0.4 is 5.32 Å². The van der Waals surface area contributed by atoms with Gasteiger partial charge in [0.1, 0.15) is 0 Å². The van der Waals surface area contributed by atoms with Gasteiger partial charge in [0.25, 0.3) is 5.91 Å². The number of benzene rings is 1. The topological polar surface area (TPSA) is 54.9 Å². The fourth-order valence-electron chi connectivity index (χ4n) is 2.35. The van der Waals surface area contributed by atoms with Crippen LogP contribution in [0.3, 0.4) is 0 Å². The van der Waals surface area contributed by atoms with Crippen molar-refractivity contribution in [1.82, 2.24) is 9.97 Å². The lowest BCUT2D eigenvalue weighted by Crippen LogP contribution is -2.11. The predicted octanol–water partition coefficient (Wildman–Crippen LogP) is 4.97. The van der Waals surface area contributed by atoms with Gasteiger partial charge in [-0.25, -0.2) is 4.98 Å². The molecule has 0 aliphatic rings. The van der Waals surface area contributed by atoms with E-state index in [0.717, 1.165) is 17.7 Å². The lowest BCUT2D eigenvalue weighted by atomic mass is 9.97. The van der Waals surface area contributed by atoms with Crippen LogP contribution in [0.4, 0.5) is 5.13 Å². The normalized spacial score (nSPS) is 11.9. The van der Waals surface area contributed by atoms with Crippen LogP contribution in [0.5, 0.6) is 0 Å². The number of pyridine rings is 1. The molecule has 0 bridgehead atoms. The predicted molar refractivity (Wildman–Crippen MR) is 98.4 cm³/mol. The maximum absolute atomic E-state index is 12.1. The minimum absolute atomic E-state index is 0.198. The Labute approximate surface area is 145 Å². The highest BCUT2D eigenvalue weighted by Crippen LogP contribution is 2.27. The largest absolute Gasteiger partial charge is 0.298 e. The molecule has 0 radical (unpaired) electrons. The van der Waals surface area contributed by atoms with Gasteiger partial charge >= 0.3 is 0 Å². The summed E-state index contributed by atoms with van der Waals surface area (Å²) in [6.45, 7) is 4.42. The van der Waals surface area contributed by atoms with Gasteiger partial charge in [0.05, 0.1) is 11.3 Å². The Bertz CT molecular complexity index is 812. The molecule has 0 fully saturated rings. The van der Waals surface area contributed by atoms with E-state index in [1.54, 1.807) is 18.3 Å². The number of carbonyl (C=O) groups excluding carboxylic acids is 1. The Morgan fingerprint density at radius 1 is 1.25 bits per heavy atom. The first kappa shape index (κ1) is 16.3. The molecule has 1 unspecified atom stereocenters. The second-order valence-corrected chi connectivity index (χ2v) is 6.52. The van der Waals surface area contributed by atoms with E-state index in [1.165, 1.54) is 23.1 Å². The summed E-state index contributed by atoms with van der Waals surface area (Å²) in [7, 11) is 0. The van der Waals surface area contributed by atoms with E-state index in [2.05, 4.69) is 53.4 Å². The van der Waals surface area contributed by atoms with E-state index in [9.17, 15) is 4.79 Å². The molecule has 3 rings (SSSR count). The first-order valence-corrected chi connectivity index (χ1v) is 8.82. The van der Waals surface area contributed by atoms with Crippen LogP contribution >= 0.6 is 11.3 Å². The number of nitrogens with one attached hydrogen (secondary N) is 1. The summed E-state index contributed by atoms with van der Waals surface area (Å²) in [4.78, 5) is 20.6. The number of amides is 1. The molecule has 4 nitrogen and oxygen atoms in total. The van der Waals surface area contributed by atoms with E-state index in [4.69, 9.17) is 0 Å². The quantitative estimate of drug-likeness (QED) is 0.715. The van der Waals surface area contributed by atoms with E-state index in [-0.39, 0.29) is 5.91 Å². The summed E-state index contributed by atoms with van der Waals surface area (Å²) in [5.74, 6) is 0.361. The molecule has 0 aliphatic carbocycles. The Morgan fingerprint density at radius 2 is 2.04 bits per heavy atom. The van der Waals surface area contributed by atoms with Gasteiger partial charge in [-0.3, -0.25) is 15.1 Å². The lowest BCUT2D eigenvalue weighted by molar-refractivity contribution is 0.102. The van der Waals surface area contributed by atoms with Crippen LogP contribution in [0.2, 0.25) is 0 Å². The minimum Gasteiger partial charge on any atom is -0.298 e. The molecule has 2 heterocycles. The highest BCUT2D eigenvalue weighted by atomic mass is 32.1. The summed E-state index contributed by atoms with van der Waals surface area (Å²) in [5, 5.41) is 5.36. The van der Waals surface area contributed by atoms with Gasteiger partial charge in [-0.05, 0) is 30.0 Å². The van der Waals surface area contributed by atoms with E-state index in [0.29, 0.717) is 16.6 Å². The van der Waals surface area contributed by atoms with Crippen molar-refractivity contribution < 1.29 is 4.79 Å². The number of anilines is 1. The van der Waals surface area contributed by atoms with Gasteiger partial charge in [0.2, 0.25) is 0 Å². The molecule has 0 saturated heterocycles. The van der Waals surface area contributed by atoms with Crippen molar-refractivity contribution in [1.29, 1.82) is 0 Å². The Hall–Kier alpha value is -2.53. The zero-order valence-corrected chi connectivity index (χ0v) is 14.5. The molecule has 0 saturated carbocycles. The van der Waals surface area contributed by atoms with Crippen LogP contribution in [0.15, 0.2) is 54.2 Å². The average Bonchev–Trinajstić information content (AvgIpc) is 3.10. The van der Waals surface area contributed by atoms with Crippen LogP contribution in [0.1, 0.15) is 42.1 Å². The van der Waals surface area contributed by atoms with Crippen LogP contribution in [0.25, 0.3) is 11.3 Å². The van der Waals surface area contributed by atoms with E-state index in [1.807, 2.05) is 5.38 Å². The third-order valence-electron chi connectivity index (χ3n) is 4.04. The number of nitrogens with zero attached hydrogens (tertiary/aromatic N) is 2. The van der Waals surface area contributed by atoms with Crippen LogP contribution in [0, 0.1) is 0 Å². The summed E-state index contributed by atoms with van der Waals surface area (Å²) < 4.78 is 0. The SMILES string of the molecule is CCC(C)c1ccc(-c2csc(NC(=O)c3cccnc3)n2)cc1. The maximum Gasteiger partial charge on any atom is 0.259 e. The van der Waals surface area contributed by atoms with Crippen LogP contribution in [-0.2, 0) is 0 Å². The molecular formula is C19H19N3OS. The fourth-order valence-corrected chi connectivity index (χ4v) is 3.06. The van der Waals surface area contributed by atoms with Crippen LogP contribution in [-0.4, -0.2) is 15.9 Å². The summed E-state index contributed by atoms with van der Waals surface area (Å²) in [6, 6.07) is 11.9. The van der Waals surface area contributed by atoms with Crippen molar-refractivity contribution in [3.63, 3.8) is 0 Å². The molecule has 3 aromatic rings. The molecule has 5 heteroatoms. The number of aromatic nitrogens is 2. The third kappa shape index (κ3) is 3.68. The Balaban J connectivity index is 1.72. The second-order valence-electron chi connectivity index (χ2n) is 5.67. The first-order valence-electron chi connectivity index (χ1n) is 7.94. The third-order valence-corrected chi connectivity index (χ3v) is 4.79. The number of thiazole rings is 1. The molecule has 1 amide bonds. The zero-order chi connectivity index (χ0) is 16.9. The van der Waals surface area contributed by atoms with E-state index >= 15 is 0 Å². The Kier molecular flexibility index (Phi) is 5.01. The molecule has 0 aliphatic heterocycles. The Morgan fingerprint density at radius 3 is 2.71 bits per heavy atom. The minimum atomic E-state index is -0.198. The van der Waals surface area contributed by atoms with Crippen molar-refractivity contribution in [3.8, 4) is 11.3 Å². The molecule has 2 aromatic heterocycles. The summed E-state index contributed by atoms with van der Waals surface area (Å²) >= 11 is 1.42. The lowest BCUT2D eigenvalue weighted by Gasteiger charge is -2.08. The maximum atomic E-state index is 12.1. The molecule has 24 heavy (non-hydrogen) atoms. The molecule has 122 valence electrons. The highest BCUT2D eigenvalue weighted by Gasteiger charge is 2.10. The second kappa shape index (κ2) is 7.36. The summed E-state index contributed by atoms with van der Waals surface area (Å²) in [6.07, 6.45) is 4.30. The standard InChI is InChI=1S/C19H19N3OS/c1-3-13(2)14-6-8-15(9-7-14)17-12-24-19(21-17)22-18(23)16-5-4-10-20-11-16/h4-13H,3H2,1-2H3,(H,21,22,23). The van der Waals surface area contributed by atoms with Crippen molar-refractivity contribution in [2.24, 2.45) is 0 Å². The number of hydrogen-bond donors (Lipinski definition) is 1. The molecule has 0 spiro atoms. The van der Waals surface area contributed by atoms with Gasteiger partial charge in [-0.15, -0.1) is 11.3 Å². The van der Waals surface area contributed by atoms with Gasteiger partial charge in [0, 0.05) is 23.3 Å². The van der Waals surface area contributed by atoms with E-state index < -0.39 is 0 Å². The average molecular weight is 337 g/mol. The van der Waals surface area contributed by atoms with Crippen molar-refractivity contribution >= 4 is 22.4 Å². The van der Waals surface area contributed by atoms with Crippen molar-refractivity contribution in [2.45, 2.75) is 26.2 Å². The van der Waals surface area contributed by atoms with Gasteiger partial charge in [-0.1, -0.05) is 38.1 Å².